The highest BCUT2D eigenvalue weighted by Gasteiger charge is 2.14. The van der Waals surface area contributed by atoms with Gasteiger partial charge in [0, 0.05) is 6.21 Å². The minimum absolute atomic E-state index is 0.0654. The van der Waals surface area contributed by atoms with Crippen LogP contribution >= 0.6 is 0 Å². The second-order valence-corrected chi connectivity index (χ2v) is 4.38. The number of para-hydroxylation sites is 1. The average Bonchev–Trinajstić information content (AvgIpc) is 2.07. The average molecular weight is 212 g/mol. The normalized spacial score (nSPS) is 12.2. The van der Waals surface area contributed by atoms with Gasteiger partial charge in [0.25, 0.3) is 0 Å². The van der Waals surface area contributed by atoms with Crippen LogP contribution in [0.2, 0.25) is 0 Å². The number of primary sulfonamides is 1. The molecule has 0 aliphatic rings. The summed E-state index contributed by atoms with van der Waals surface area (Å²) in [6, 6.07) is 4.88. The van der Waals surface area contributed by atoms with E-state index in [1.54, 1.807) is 26.0 Å². The van der Waals surface area contributed by atoms with Crippen molar-refractivity contribution in [2.24, 2.45) is 10.1 Å². The van der Waals surface area contributed by atoms with Crippen molar-refractivity contribution in [1.29, 1.82) is 0 Å². The van der Waals surface area contributed by atoms with Gasteiger partial charge in [-0.15, -0.1) is 0 Å². The molecule has 0 aliphatic carbocycles. The zero-order valence-corrected chi connectivity index (χ0v) is 8.88. The number of aryl methyl sites for hydroxylation is 1. The summed E-state index contributed by atoms with van der Waals surface area (Å²) in [5, 5.41) is 5.06. The van der Waals surface area contributed by atoms with E-state index in [1.807, 2.05) is 0 Å². The Hall–Kier alpha value is -1.20. The van der Waals surface area contributed by atoms with Crippen molar-refractivity contribution in [3.05, 3.63) is 23.8 Å². The lowest BCUT2D eigenvalue weighted by Crippen LogP contribution is -2.12. The zero-order chi connectivity index (χ0) is 10.8. The molecule has 0 saturated carbocycles. The molecule has 0 saturated heterocycles. The molecule has 0 bridgehead atoms. The molecule has 0 spiro atoms. The molecule has 4 nitrogen and oxygen atoms in total. The summed E-state index contributed by atoms with van der Waals surface area (Å²) in [6.07, 6.45) is 1.54. The Bertz CT molecular complexity index is 464. The highest BCUT2D eigenvalue weighted by Crippen LogP contribution is 2.26. The Kier molecular flexibility index (Phi) is 3.03. The molecule has 14 heavy (non-hydrogen) atoms. The van der Waals surface area contributed by atoms with E-state index < -0.39 is 10.0 Å². The molecule has 0 aromatic heterocycles. The predicted octanol–water partition coefficient (Wildman–Crippen LogP) is 1.36. The lowest BCUT2D eigenvalue weighted by molar-refractivity contribution is 0.598. The molecule has 1 aromatic carbocycles. The van der Waals surface area contributed by atoms with Crippen LogP contribution < -0.4 is 5.14 Å². The Morgan fingerprint density at radius 2 is 2.07 bits per heavy atom. The maximum atomic E-state index is 11.2. The van der Waals surface area contributed by atoms with Crippen LogP contribution in [0.4, 0.5) is 5.69 Å². The zero-order valence-electron chi connectivity index (χ0n) is 8.06. The topological polar surface area (TPSA) is 72.5 Å². The van der Waals surface area contributed by atoms with E-state index >= 15 is 0 Å². The lowest BCUT2D eigenvalue weighted by atomic mass is 10.2. The summed E-state index contributed by atoms with van der Waals surface area (Å²) in [5.41, 5.74) is 1.20. The first-order valence-corrected chi connectivity index (χ1v) is 5.62. The molecule has 0 atom stereocenters. The summed E-state index contributed by atoms with van der Waals surface area (Å²) >= 11 is 0. The van der Waals surface area contributed by atoms with Gasteiger partial charge < -0.3 is 0 Å². The monoisotopic (exact) mass is 212 g/mol. The summed E-state index contributed by atoms with van der Waals surface area (Å²) in [6.45, 7) is 3.51. The van der Waals surface area contributed by atoms with Gasteiger partial charge >= 0.3 is 0 Å². The third-order valence-electron chi connectivity index (χ3n) is 1.77. The number of benzene rings is 1. The van der Waals surface area contributed by atoms with E-state index in [4.69, 9.17) is 5.14 Å². The van der Waals surface area contributed by atoms with Crippen LogP contribution in [0.15, 0.2) is 28.1 Å². The van der Waals surface area contributed by atoms with Crippen molar-refractivity contribution in [3.8, 4) is 0 Å². The van der Waals surface area contributed by atoms with Crippen molar-refractivity contribution in [3.63, 3.8) is 0 Å². The van der Waals surface area contributed by atoms with Crippen molar-refractivity contribution >= 4 is 21.9 Å². The van der Waals surface area contributed by atoms with Gasteiger partial charge in [-0.3, -0.25) is 4.99 Å². The summed E-state index contributed by atoms with van der Waals surface area (Å²) in [7, 11) is -3.69. The first kappa shape index (κ1) is 10.9. The van der Waals surface area contributed by atoms with Crippen LogP contribution in [-0.2, 0) is 10.0 Å². The molecule has 0 amide bonds. The van der Waals surface area contributed by atoms with E-state index in [1.165, 1.54) is 12.3 Å². The highest BCUT2D eigenvalue weighted by molar-refractivity contribution is 7.89. The van der Waals surface area contributed by atoms with Crippen molar-refractivity contribution < 1.29 is 8.42 Å². The van der Waals surface area contributed by atoms with Gasteiger partial charge in [0.15, 0.2) is 0 Å². The van der Waals surface area contributed by atoms with Gasteiger partial charge in [-0.25, -0.2) is 13.6 Å². The van der Waals surface area contributed by atoms with Crippen molar-refractivity contribution in [2.45, 2.75) is 18.7 Å². The molecular weight excluding hydrogens is 200 g/mol. The number of nitrogens with two attached hydrogens (primary N) is 1. The largest absolute Gasteiger partial charge is 0.260 e. The SMILES string of the molecule is C/C=N\c1c(C)cccc1S(N)(=O)=O. The molecule has 0 radical (unpaired) electrons. The van der Waals surface area contributed by atoms with Gasteiger partial charge in [0.05, 0.1) is 5.69 Å². The maximum absolute atomic E-state index is 11.2. The van der Waals surface area contributed by atoms with Gasteiger partial charge in [-0.2, -0.15) is 0 Å². The fourth-order valence-corrected chi connectivity index (χ4v) is 1.91. The first-order valence-electron chi connectivity index (χ1n) is 4.08. The quantitative estimate of drug-likeness (QED) is 0.752. The Balaban J connectivity index is 3.52. The summed E-state index contributed by atoms with van der Waals surface area (Å²) in [4.78, 5) is 4.05. The third-order valence-corrected chi connectivity index (χ3v) is 2.71. The fourth-order valence-electron chi connectivity index (χ4n) is 1.16. The minimum Gasteiger partial charge on any atom is -0.260 e. The Morgan fingerprint density at radius 1 is 1.43 bits per heavy atom. The standard InChI is InChI=1S/C9H12N2O2S/c1-3-11-9-7(2)5-4-6-8(9)14(10,12)13/h3-6H,1-2H3,(H2,10,12,13)/b11-3-. The third kappa shape index (κ3) is 2.18. The van der Waals surface area contributed by atoms with Gasteiger partial charge in [-0.05, 0) is 25.5 Å². The molecular formula is C9H12N2O2S. The van der Waals surface area contributed by atoms with Crippen LogP contribution in [0.5, 0.6) is 0 Å². The second-order valence-electron chi connectivity index (χ2n) is 2.85. The van der Waals surface area contributed by atoms with Crippen LogP contribution in [0.1, 0.15) is 12.5 Å². The van der Waals surface area contributed by atoms with E-state index in [2.05, 4.69) is 4.99 Å². The molecule has 1 rings (SSSR count). The van der Waals surface area contributed by atoms with Crippen LogP contribution in [0, 0.1) is 6.92 Å². The fraction of sp³-hybridized carbons (Fsp3) is 0.222. The molecule has 0 aliphatic heterocycles. The predicted molar refractivity (Wildman–Crippen MR) is 56.4 cm³/mol. The lowest BCUT2D eigenvalue weighted by Gasteiger charge is -2.05. The molecule has 2 N–H and O–H groups in total. The molecule has 0 fully saturated rings. The van der Waals surface area contributed by atoms with E-state index in [0.29, 0.717) is 5.69 Å². The van der Waals surface area contributed by atoms with Crippen LogP contribution in [0.3, 0.4) is 0 Å². The van der Waals surface area contributed by atoms with Gasteiger partial charge in [0.1, 0.15) is 4.90 Å². The molecule has 0 heterocycles. The Morgan fingerprint density at radius 3 is 2.57 bits per heavy atom. The molecule has 5 heteroatoms. The number of nitrogens with zero attached hydrogens (tertiary/aromatic N) is 1. The summed E-state index contributed by atoms with van der Waals surface area (Å²) < 4.78 is 22.4. The smallest absolute Gasteiger partial charge is 0.240 e. The van der Waals surface area contributed by atoms with E-state index in [0.717, 1.165) is 5.56 Å². The number of hydrogen-bond donors (Lipinski definition) is 1. The highest BCUT2D eigenvalue weighted by atomic mass is 32.2. The maximum Gasteiger partial charge on any atom is 0.240 e. The van der Waals surface area contributed by atoms with Crippen LogP contribution in [0.25, 0.3) is 0 Å². The second kappa shape index (κ2) is 3.89. The first-order chi connectivity index (χ1) is 6.46. The minimum atomic E-state index is -3.69. The number of rotatable bonds is 2. The Labute approximate surface area is 83.5 Å². The van der Waals surface area contributed by atoms with Gasteiger partial charge in [0.2, 0.25) is 10.0 Å². The summed E-state index contributed by atoms with van der Waals surface area (Å²) in [5.74, 6) is 0. The van der Waals surface area contributed by atoms with Crippen LogP contribution in [-0.4, -0.2) is 14.6 Å². The van der Waals surface area contributed by atoms with Crippen molar-refractivity contribution in [2.75, 3.05) is 0 Å². The van der Waals surface area contributed by atoms with E-state index in [-0.39, 0.29) is 4.90 Å². The molecule has 1 aromatic rings. The number of hydrogen-bond acceptors (Lipinski definition) is 3. The molecule has 76 valence electrons. The van der Waals surface area contributed by atoms with Crippen molar-refractivity contribution in [1.82, 2.24) is 0 Å². The number of aliphatic imine (C=N–C) groups is 1. The number of sulfonamides is 1. The van der Waals surface area contributed by atoms with E-state index in [9.17, 15) is 8.42 Å². The molecule has 0 unspecified atom stereocenters. The van der Waals surface area contributed by atoms with Gasteiger partial charge in [-0.1, -0.05) is 12.1 Å².